The zero-order chi connectivity index (χ0) is 14.5. The van der Waals surface area contributed by atoms with Crippen LogP contribution in [0.1, 0.15) is 45.7 Å². The first-order valence-electron chi connectivity index (χ1n) is 7.51. The molecule has 0 radical (unpaired) electrons. The minimum absolute atomic E-state index is 0.480. The van der Waals surface area contributed by atoms with E-state index >= 15 is 0 Å². The van der Waals surface area contributed by atoms with Crippen molar-refractivity contribution >= 4 is 23.1 Å². The van der Waals surface area contributed by atoms with E-state index in [1.807, 2.05) is 24.4 Å². The molecule has 0 N–H and O–H groups in total. The van der Waals surface area contributed by atoms with Gasteiger partial charge in [0.25, 0.3) is 0 Å². The van der Waals surface area contributed by atoms with Crippen LogP contribution in [0.15, 0.2) is 24.4 Å². The summed E-state index contributed by atoms with van der Waals surface area (Å²) in [5, 5.41) is 0. The van der Waals surface area contributed by atoms with Crippen molar-refractivity contribution < 1.29 is 0 Å². The molecule has 2 heterocycles. The number of alkyl halides is 1. The van der Waals surface area contributed by atoms with Crippen LogP contribution < -0.4 is 4.90 Å². The molecule has 110 valence electrons. The molecule has 0 aliphatic rings. The van der Waals surface area contributed by atoms with E-state index in [9.17, 15) is 0 Å². The Bertz CT molecular complexity index is 550. The zero-order valence-corrected chi connectivity index (χ0v) is 13.4. The van der Waals surface area contributed by atoms with Gasteiger partial charge in [-0.1, -0.05) is 26.3 Å². The fourth-order valence-electron chi connectivity index (χ4n) is 2.47. The highest BCUT2D eigenvalue weighted by Crippen LogP contribution is 2.26. The van der Waals surface area contributed by atoms with Crippen molar-refractivity contribution in [1.82, 2.24) is 9.38 Å². The lowest BCUT2D eigenvalue weighted by Gasteiger charge is -2.29. The summed E-state index contributed by atoms with van der Waals surface area (Å²) in [6, 6.07) is 6.56. The monoisotopic (exact) mass is 293 g/mol. The number of nitrogens with zero attached hydrogens (tertiary/aromatic N) is 3. The van der Waals surface area contributed by atoms with E-state index in [1.165, 1.54) is 12.8 Å². The summed E-state index contributed by atoms with van der Waals surface area (Å²) in [6.07, 6.45) is 5.52. The van der Waals surface area contributed by atoms with Crippen LogP contribution in [0, 0.1) is 0 Å². The van der Waals surface area contributed by atoms with Gasteiger partial charge < -0.3 is 9.30 Å². The maximum atomic E-state index is 6.19. The number of halogens is 1. The van der Waals surface area contributed by atoms with Crippen LogP contribution in [0.4, 0.5) is 5.82 Å². The third-order valence-electron chi connectivity index (χ3n) is 3.88. The number of fused-ring (bicyclic) bond motifs is 1. The predicted molar refractivity (Wildman–Crippen MR) is 86.8 cm³/mol. The summed E-state index contributed by atoms with van der Waals surface area (Å²) in [4.78, 5) is 7.22. The maximum absolute atomic E-state index is 6.19. The summed E-state index contributed by atoms with van der Waals surface area (Å²) in [6.45, 7) is 7.75. The first-order valence-corrected chi connectivity index (χ1v) is 8.04. The van der Waals surface area contributed by atoms with E-state index in [4.69, 9.17) is 16.6 Å². The maximum Gasteiger partial charge on any atom is 0.152 e. The van der Waals surface area contributed by atoms with Crippen molar-refractivity contribution in [3.05, 3.63) is 30.1 Å². The van der Waals surface area contributed by atoms with E-state index < -0.39 is 0 Å². The van der Waals surface area contributed by atoms with Crippen LogP contribution >= 0.6 is 11.6 Å². The van der Waals surface area contributed by atoms with E-state index in [0.717, 1.165) is 30.1 Å². The molecule has 2 aromatic rings. The Hall–Kier alpha value is -1.22. The first kappa shape index (κ1) is 15.2. The Morgan fingerprint density at radius 1 is 1.35 bits per heavy atom. The van der Waals surface area contributed by atoms with Gasteiger partial charge in [-0.25, -0.2) is 4.98 Å². The second kappa shape index (κ2) is 6.98. The van der Waals surface area contributed by atoms with Crippen molar-refractivity contribution in [3.63, 3.8) is 0 Å². The van der Waals surface area contributed by atoms with Gasteiger partial charge in [-0.05, 0) is 31.9 Å². The highest BCUT2D eigenvalue weighted by Gasteiger charge is 2.20. The molecule has 0 aliphatic carbocycles. The molecule has 2 rings (SSSR count). The largest absolute Gasteiger partial charge is 0.352 e. The fraction of sp³-hybridized carbons (Fsp3) is 0.562. The molecule has 20 heavy (non-hydrogen) atoms. The standard InChI is InChI=1S/C16H24ClN3/c1-4-6-10-19(13(3)5-2)16-14(12-17)20-11-8-7-9-15(20)18-16/h7-9,11,13H,4-6,10,12H2,1-3H3. The average Bonchev–Trinajstić information content (AvgIpc) is 2.85. The lowest BCUT2D eigenvalue weighted by molar-refractivity contribution is 0.589. The van der Waals surface area contributed by atoms with E-state index in [-0.39, 0.29) is 0 Å². The highest BCUT2D eigenvalue weighted by atomic mass is 35.5. The van der Waals surface area contributed by atoms with Gasteiger partial charge in [0.2, 0.25) is 0 Å². The third kappa shape index (κ3) is 2.93. The molecular formula is C16H24ClN3. The number of aromatic nitrogens is 2. The van der Waals surface area contributed by atoms with Crippen molar-refractivity contribution in [1.29, 1.82) is 0 Å². The summed E-state index contributed by atoms with van der Waals surface area (Å²) in [5.74, 6) is 1.54. The Morgan fingerprint density at radius 3 is 2.80 bits per heavy atom. The molecule has 1 atom stereocenters. The molecule has 0 bridgehead atoms. The Morgan fingerprint density at radius 2 is 2.15 bits per heavy atom. The molecule has 3 nitrogen and oxygen atoms in total. The van der Waals surface area contributed by atoms with Gasteiger partial charge in [0.15, 0.2) is 5.82 Å². The molecule has 0 saturated heterocycles. The first-order chi connectivity index (χ1) is 9.72. The minimum Gasteiger partial charge on any atom is -0.352 e. The number of imidazole rings is 1. The van der Waals surface area contributed by atoms with E-state index in [1.54, 1.807) is 0 Å². The van der Waals surface area contributed by atoms with Crippen LogP contribution in [0.25, 0.3) is 5.65 Å². The Kier molecular flexibility index (Phi) is 5.30. The van der Waals surface area contributed by atoms with E-state index in [2.05, 4.69) is 30.1 Å². The third-order valence-corrected chi connectivity index (χ3v) is 4.13. The molecular weight excluding hydrogens is 270 g/mol. The molecule has 0 spiro atoms. The normalized spacial score (nSPS) is 12.8. The average molecular weight is 294 g/mol. The molecule has 0 fully saturated rings. The van der Waals surface area contributed by atoms with Gasteiger partial charge in [-0.2, -0.15) is 0 Å². The number of rotatable bonds is 7. The number of unbranched alkanes of at least 4 members (excludes halogenated alkanes) is 1. The summed E-state index contributed by atoms with van der Waals surface area (Å²) in [7, 11) is 0. The van der Waals surface area contributed by atoms with Crippen molar-refractivity contribution in [3.8, 4) is 0 Å². The summed E-state index contributed by atoms with van der Waals surface area (Å²) >= 11 is 6.19. The highest BCUT2D eigenvalue weighted by molar-refractivity contribution is 6.17. The van der Waals surface area contributed by atoms with Crippen molar-refractivity contribution in [2.75, 3.05) is 11.4 Å². The molecule has 0 aliphatic heterocycles. The summed E-state index contributed by atoms with van der Waals surface area (Å²) in [5.41, 5.74) is 2.07. The smallest absolute Gasteiger partial charge is 0.152 e. The molecule has 0 aromatic carbocycles. The summed E-state index contributed by atoms with van der Waals surface area (Å²) < 4.78 is 2.10. The van der Waals surface area contributed by atoms with Crippen molar-refractivity contribution in [2.24, 2.45) is 0 Å². The second-order valence-electron chi connectivity index (χ2n) is 5.25. The van der Waals surface area contributed by atoms with Gasteiger partial charge in [-0.3, -0.25) is 0 Å². The van der Waals surface area contributed by atoms with Crippen molar-refractivity contribution in [2.45, 2.75) is 52.0 Å². The zero-order valence-electron chi connectivity index (χ0n) is 12.6. The number of pyridine rings is 1. The lowest BCUT2D eigenvalue weighted by atomic mass is 10.2. The van der Waals surface area contributed by atoms with Gasteiger partial charge in [0, 0.05) is 18.8 Å². The Balaban J connectivity index is 2.45. The molecule has 4 heteroatoms. The van der Waals surface area contributed by atoms with Gasteiger partial charge in [-0.15, -0.1) is 11.6 Å². The molecule has 0 saturated carbocycles. The number of hydrogen-bond donors (Lipinski definition) is 0. The fourth-order valence-corrected chi connectivity index (χ4v) is 2.72. The quantitative estimate of drug-likeness (QED) is 0.702. The topological polar surface area (TPSA) is 20.5 Å². The lowest BCUT2D eigenvalue weighted by Crippen LogP contribution is -2.34. The van der Waals surface area contributed by atoms with Crippen LogP contribution in [0.2, 0.25) is 0 Å². The second-order valence-corrected chi connectivity index (χ2v) is 5.52. The molecule has 1 unspecified atom stereocenters. The van der Waals surface area contributed by atoms with Crippen LogP contribution in [-0.2, 0) is 5.88 Å². The van der Waals surface area contributed by atoms with Crippen LogP contribution in [0.5, 0.6) is 0 Å². The molecule has 2 aromatic heterocycles. The molecule has 0 amide bonds. The van der Waals surface area contributed by atoms with Crippen LogP contribution in [-0.4, -0.2) is 22.0 Å². The predicted octanol–water partition coefficient (Wildman–Crippen LogP) is 4.48. The van der Waals surface area contributed by atoms with Gasteiger partial charge in [0.1, 0.15) is 5.65 Å². The van der Waals surface area contributed by atoms with Gasteiger partial charge >= 0.3 is 0 Å². The Labute approximate surface area is 126 Å². The number of hydrogen-bond acceptors (Lipinski definition) is 2. The minimum atomic E-state index is 0.480. The van der Waals surface area contributed by atoms with Crippen LogP contribution in [0.3, 0.4) is 0 Å². The number of anilines is 1. The SMILES string of the molecule is CCCCN(c1nc2ccccn2c1CCl)C(C)CC. The van der Waals surface area contributed by atoms with E-state index in [0.29, 0.717) is 11.9 Å². The van der Waals surface area contributed by atoms with Gasteiger partial charge in [0.05, 0.1) is 11.6 Å².